The van der Waals surface area contributed by atoms with E-state index in [-0.39, 0.29) is 22.3 Å². The van der Waals surface area contributed by atoms with Crippen molar-refractivity contribution >= 4 is 38.4 Å². The van der Waals surface area contributed by atoms with Crippen LogP contribution in [0, 0.1) is 0 Å². The lowest BCUT2D eigenvalue weighted by molar-refractivity contribution is 0.122. The molecule has 0 saturated carbocycles. The number of aryl methyl sites for hydroxylation is 2. The van der Waals surface area contributed by atoms with Gasteiger partial charge in [0.15, 0.2) is 26.8 Å². The normalized spacial score (nSPS) is 24.4. The summed E-state index contributed by atoms with van der Waals surface area (Å²) in [5, 5.41) is 3.64. The number of aromatic nitrogens is 4. The zero-order valence-corrected chi connectivity index (χ0v) is 18.4. The predicted octanol–water partition coefficient (Wildman–Crippen LogP) is 0.953. The minimum Gasteiger partial charge on any atom is -0.378 e. The average molecular weight is 443 g/mol. The van der Waals surface area contributed by atoms with E-state index in [0.29, 0.717) is 19.6 Å². The number of nitrogens with zero attached hydrogens (tertiary/aromatic N) is 5. The molecule has 0 bridgehead atoms. The number of morpholine rings is 1. The molecule has 1 atom stereocenters. The molecular weight excluding hydrogens is 416 g/mol. The van der Waals surface area contributed by atoms with Crippen molar-refractivity contribution in [2.75, 3.05) is 49.3 Å². The maximum Gasteiger partial charge on any atom is 0.226 e. The van der Waals surface area contributed by atoms with Crippen molar-refractivity contribution in [2.24, 2.45) is 7.05 Å². The van der Waals surface area contributed by atoms with Gasteiger partial charge in [-0.3, -0.25) is 0 Å². The van der Waals surface area contributed by atoms with Crippen molar-refractivity contribution in [3.63, 3.8) is 0 Å². The highest BCUT2D eigenvalue weighted by molar-refractivity contribution is 7.91. The first-order chi connectivity index (χ1) is 13.8. The number of rotatable bonds is 6. The lowest BCUT2D eigenvalue weighted by atomic mass is 10.0. The van der Waals surface area contributed by atoms with E-state index in [0.717, 1.165) is 55.3 Å². The van der Waals surface area contributed by atoms with Gasteiger partial charge in [-0.1, -0.05) is 0 Å². The van der Waals surface area contributed by atoms with Crippen LogP contribution in [0.25, 0.3) is 11.2 Å². The summed E-state index contributed by atoms with van der Waals surface area (Å²) in [6.45, 7) is 5.53. The Bertz CT molecular complexity index is 1000. The van der Waals surface area contributed by atoms with Gasteiger partial charge in [-0.05, 0) is 37.9 Å². The summed E-state index contributed by atoms with van der Waals surface area (Å²) in [6, 6.07) is 0. The van der Waals surface area contributed by atoms with Crippen molar-refractivity contribution in [2.45, 2.75) is 31.7 Å². The molecular formula is C18H27ClN6O3S. The molecule has 29 heavy (non-hydrogen) atoms. The molecule has 0 radical (unpaired) electrons. The van der Waals surface area contributed by atoms with E-state index in [4.69, 9.17) is 21.3 Å². The van der Waals surface area contributed by atoms with Crippen LogP contribution in [-0.4, -0.2) is 77.8 Å². The topological polar surface area (TPSA) is 102 Å². The van der Waals surface area contributed by atoms with E-state index >= 15 is 0 Å². The van der Waals surface area contributed by atoms with Gasteiger partial charge in [0.25, 0.3) is 0 Å². The summed E-state index contributed by atoms with van der Waals surface area (Å²) in [7, 11) is -0.967. The molecule has 0 aromatic carbocycles. The quantitative estimate of drug-likeness (QED) is 0.521. The molecule has 11 heteroatoms. The second kappa shape index (κ2) is 7.98. The van der Waals surface area contributed by atoms with Gasteiger partial charge in [0.05, 0.1) is 24.7 Å². The Labute approximate surface area is 175 Å². The smallest absolute Gasteiger partial charge is 0.226 e. The summed E-state index contributed by atoms with van der Waals surface area (Å²) in [4.78, 5) is 15.8. The SMILES string of the molecule is Cn1c(CCCNC2(C)CCS(=O)(=O)C2)nc2c(N3CCOCC3)nc(Cl)nc21. The van der Waals surface area contributed by atoms with E-state index in [2.05, 4.69) is 20.2 Å². The standard InChI is InChI=1S/C18H27ClN6O3S/c1-18(5-11-29(26,27)12-18)20-6-3-4-13-21-14-15(24(13)2)22-17(19)23-16(14)25-7-9-28-10-8-25/h20H,3-12H2,1-2H3. The van der Waals surface area contributed by atoms with Crippen LogP contribution >= 0.6 is 11.6 Å². The molecule has 160 valence electrons. The van der Waals surface area contributed by atoms with Crippen LogP contribution in [0.15, 0.2) is 0 Å². The van der Waals surface area contributed by atoms with Crippen LogP contribution in [0.1, 0.15) is 25.6 Å². The number of fused-ring (bicyclic) bond motifs is 1. The molecule has 2 aliphatic rings. The van der Waals surface area contributed by atoms with Gasteiger partial charge in [0.2, 0.25) is 5.28 Å². The van der Waals surface area contributed by atoms with Crippen LogP contribution in [0.2, 0.25) is 5.28 Å². The number of sulfone groups is 1. The van der Waals surface area contributed by atoms with Crippen molar-refractivity contribution in [1.82, 2.24) is 24.8 Å². The van der Waals surface area contributed by atoms with E-state index in [9.17, 15) is 8.42 Å². The first-order valence-electron chi connectivity index (χ1n) is 9.93. The lowest BCUT2D eigenvalue weighted by Crippen LogP contribution is -2.43. The van der Waals surface area contributed by atoms with Crippen molar-refractivity contribution in [1.29, 1.82) is 0 Å². The minimum atomic E-state index is -2.91. The molecule has 9 nitrogen and oxygen atoms in total. The molecule has 2 aromatic heterocycles. The summed E-state index contributed by atoms with van der Waals surface area (Å²) < 4.78 is 30.9. The van der Waals surface area contributed by atoms with E-state index < -0.39 is 9.84 Å². The Morgan fingerprint density at radius 2 is 2.00 bits per heavy atom. The molecule has 0 aliphatic carbocycles. The largest absolute Gasteiger partial charge is 0.378 e. The maximum absolute atomic E-state index is 11.7. The number of imidazole rings is 1. The fraction of sp³-hybridized carbons (Fsp3) is 0.722. The van der Waals surface area contributed by atoms with Gasteiger partial charge in [0.1, 0.15) is 5.82 Å². The highest BCUT2D eigenvalue weighted by Gasteiger charge is 2.37. The summed E-state index contributed by atoms with van der Waals surface area (Å²) in [6.07, 6.45) is 2.27. The van der Waals surface area contributed by atoms with E-state index in [1.54, 1.807) is 0 Å². The molecule has 2 fully saturated rings. The number of hydrogen-bond donors (Lipinski definition) is 1. The molecule has 4 rings (SSSR count). The molecule has 0 spiro atoms. The number of nitrogens with one attached hydrogen (secondary N) is 1. The van der Waals surface area contributed by atoms with Crippen LogP contribution in [0.5, 0.6) is 0 Å². The Kier molecular flexibility index (Phi) is 5.71. The van der Waals surface area contributed by atoms with Gasteiger partial charge in [-0.2, -0.15) is 9.97 Å². The minimum absolute atomic E-state index is 0.212. The Morgan fingerprint density at radius 3 is 2.69 bits per heavy atom. The molecule has 1 N–H and O–H groups in total. The van der Waals surface area contributed by atoms with Gasteiger partial charge in [-0.15, -0.1) is 0 Å². The Morgan fingerprint density at radius 1 is 1.24 bits per heavy atom. The number of ether oxygens (including phenoxy) is 1. The molecule has 2 saturated heterocycles. The van der Waals surface area contributed by atoms with Crippen LogP contribution in [-0.2, 0) is 28.0 Å². The van der Waals surface area contributed by atoms with Gasteiger partial charge >= 0.3 is 0 Å². The van der Waals surface area contributed by atoms with E-state index in [1.807, 2.05) is 18.5 Å². The fourth-order valence-corrected chi connectivity index (χ4v) is 6.35. The second-order valence-corrected chi connectivity index (χ2v) is 10.6. The zero-order valence-electron chi connectivity index (χ0n) is 16.8. The third-order valence-electron chi connectivity index (χ3n) is 5.71. The zero-order chi connectivity index (χ0) is 20.6. The first kappa shape index (κ1) is 20.8. The monoisotopic (exact) mass is 442 g/mol. The summed E-state index contributed by atoms with van der Waals surface area (Å²) in [5.74, 6) is 2.15. The number of anilines is 1. The van der Waals surface area contributed by atoms with Gasteiger partial charge < -0.3 is 19.5 Å². The molecule has 1 unspecified atom stereocenters. The van der Waals surface area contributed by atoms with Crippen LogP contribution in [0.3, 0.4) is 0 Å². The van der Waals surface area contributed by atoms with Crippen molar-refractivity contribution < 1.29 is 13.2 Å². The van der Waals surface area contributed by atoms with Gasteiger partial charge in [-0.25, -0.2) is 13.4 Å². The maximum atomic E-state index is 11.7. The van der Waals surface area contributed by atoms with Crippen LogP contribution in [0.4, 0.5) is 5.82 Å². The Balaban J connectivity index is 1.46. The summed E-state index contributed by atoms with van der Waals surface area (Å²) >= 11 is 6.18. The third-order valence-corrected chi connectivity index (χ3v) is 7.78. The van der Waals surface area contributed by atoms with E-state index in [1.165, 1.54) is 0 Å². The Hall–Kier alpha value is -1.49. The summed E-state index contributed by atoms with van der Waals surface area (Å²) in [5.41, 5.74) is 1.16. The van der Waals surface area contributed by atoms with Gasteiger partial charge in [0, 0.05) is 32.1 Å². The molecule has 2 aliphatic heterocycles. The average Bonchev–Trinajstić information content (AvgIpc) is 3.15. The third kappa shape index (κ3) is 4.50. The molecule has 0 amide bonds. The number of halogens is 1. The first-order valence-corrected chi connectivity index (χ1v) is 12.1. The molecule has 4 heterocycles. The van der Waals surface area contributed by atoms with Crippen molar-refractivity contribution in [3.05, 3.63) is 11.1 Å². The predicted molar refractivity (Wildman–Crippen MR) is 112 cm³/mol. The number of hydrogen-bond acceptors (Lipinski definition) is 8. The highest BCUT2D eigenvalue weighted by atomic mass is 35.5. The fourth-order valence-electron chi connectivity index (χ4n) is 4.07. The van der Waals surface area contributed by atoms with Crippen LogP contribution < -0.4 is 10.2 Å². The highest BCUT2D eigenvalue weighted by Crippen LogP contribution is 2.27. The van der Waals surface area contributed by atoms with Crippen molar-refractivity contribution in [3.8, 4) is 0 Å². The molecule has 2 aromatic rings. The second-order valence-electron chi connectivity index (χ2n) is 8.11. The lowest BCUT2D eigenvalue weighted by Gasteiger charge is -2.27.